The van der Waals surface area contributed by atoms with Crippen molar-refractivity contribution >= 4 is 38.4 Å². The highest BCUT2D eigenvalue weighted by Gasteiger charge is 2.08. The zero-order valence-electron chi connectivity index (χ0n) is 11.4. The molecule has 0 radical (unpaired) electrons. The number of carbonyl (C=O) groups is 1. The van der Waals surface area contributed by atoms with E-state index in [1.807, 2.05) is 49.4 Å². The van der Waals surface area contributed by atoms with Crippen LogP contribution in [0.15, 0.2) is 59.2 Å². The van der Waals surface area contributed by atoms with Crippen LogP contribution in [0.2, 0.25) is 0 Å². The zero-order valence-corrected chi connectivity index (χ0v) is 13.0. The van der Waals surface area contributed by atoms with Crippen molar-refractivity contribution in [3.63, 3.8) is 0 Å². The third-order valence-electron chi connectivity index (χ3n) is 3.28. The van der Waals surface area contributed by atoms with Crippen LogP contribution in [0.4, 0.5) is 5.69 Å². The van der Waals surface area contributed by atoms with E-state index in [4.69, 9.17) is 0 Å². The number of carbonyl (C=O) groups excluding carboxylic acids is 1. The van der Waals surface area contributed by atoms with Crippen LogP contribution in [0, 0.1) is 6.92 Å². The number of benzene rings is 2. The van der Waals surface area contributed by atoms with Crippen LogP contribution in [-0.4, -0.2) is 10.9 Å². The zero-order chi connectivity index (χ0) is 14.8. The lowest BCUT2D eigenvalue weighted by atomic mass is 10.1. The van der Waals surface area contributed by atoms with E-state index < -0.39 is 0 Å². The standard InChI is InChI=1S/C17H13BrN2O/c1-11-9-13(4-6-15(11)18)17(21)20-14-5-7-16-12(10-14)3-2-8-19-16/h2-10H,1H3,(H,20,21). The normalized spacial score (nSPS) is 10.6. The molecule has 3 nitrogen and oxygen atoms in total. The quantitative estimate of drug-likeness (QED) is 0.743. The first-order valence-electron chi connectivity index (χ1n) is 6.56. The summed E-state index contributed by atoms with van der Waals surface area (Å²) in [5.74, 6) is -0.117. The number of nitrogens with one attached hydrogen (secondary N) is 1. The minimum atomic E-state index is -0.117. The van der Waals surface area contributed by atoms with Crippen LogP contribution in [0.25, 0.3) is 10.9 Å². The molecule has 0 aliphatic rings. The van der Waals surface area contributed by atoms with E-state index in [0.717, 1.165) is 26.6 Å². The first-order chi connectivity index (χ1) is 10.1. The highest BCUT2D eigenvalue weighted by Crippen LogP contribution is 2.20. The number of anilines is 1. The van der Waals surface area contributed by atoms with Crippen LogP contribution in [-0.2, 0) is 0 Å². The van der Waals surface area contributed by atoms with Crippen molar-refractivity contribution < 1.29 is 4.79 Å². The Bertz CT molecular complexity index is 830. The van der Waals surface area contributed by atoms with E-state index in [1.165, 1.54) is 0 Å². The van der Waals surface area contributed by atoms with Crippen molar-refractivity contribution in [2.75, 3.05) is 5.32 Å². The molecule has 1 N–H and O–H groups in total. The number of hydrogen-bond donors (Lipinski definition) is 1. The van der Waals surface area contributed by atoms with Crippen molar-refractivity contribution in [2.24, 2.45) is 0 Å². The summed E-state index contributed by atoms with van der Waals surface area (Å²) in [5.41, 5.74) is 3.35. The van der Waals surface area contributed by atoms with E-state index >= 15 is 0 Å². The molecule has 0 bridgehead atoms. The van der Waals surface area contributed by atoms with E-state index in [1.54, 1.807) is 12.3 Å². The fraction of sp³-hybridized carbons (Fsp3) is 0.0588. The maximum absolute atomic E-state index is 12.3. The molecule has 104 valence electrons. The summed E-state index contributed by atoms with van der Waals surface area (Å²) in [6, 6.07) is 15.1. The number of rotatable bonds is 2. The highest BCUT2D eigenvalue weighted by atomic mass is 79.9. The predicted octanol–water partition coefficient (Wildman–Crippen LogP) is 4.56. The van der Waals surface area contributed by atoms with Gasteiger partial charge in [0, 0.05) is 27.3 Å². The molecule has 4 heteroatoms. The molecule has 1 aromatic heterocycles. The average Bonchev–Trinajstić information content (AvgIpc) is 2.50. The van der Waals surface area contributed by atoms with Crippen LogP contribution < -0.4 is 5.32 Å². The summed E-state index contributed by atoms with van der Waals surface area (Å²) in [6.45, 7) is 1.96. The minimum Gasteiger partial charge on any atom is -0.322 e. The van der Waals surface area contributed by atoms with Gasteiger partial charge in [-0.1, -0.05) is 22.0 Å². The molecule has 3 rings (SSSR count). The number of halogens is 1. The summed E-state index contributed by atoms with van der Waals surface area (Å²) in [7, 11) is 0. The Balaban J connectivity index is 1.87. The third kappa shape index (κ3) is 2.95. The van der Waals surface area contributed by atoms with Gasteiger partial charge in [-0.05, 0) is 55.0 Å². The van der Waals surface area contributed by atoms with E-state index in [0.29, 0.717) is 5.56 Å². The van der Waals surface area contributed by atoms with Gasteiger partial charge >= 0.3 is 0 Å². The van der Waals surface area contributed by atoms with Gasteiger partial charge in [0.25, 0.3) is 5.91 Å². The molecule has 0 aliphatic heterocycles. The second kappa shape index (κ2) is 5.66. The van der Waals surface area contributed by atoms with Crippen LogP contribution >= 0.6 is 15.9 Å². The van der Waals surface area contributed by atoms with E-state index in [2.05, 4.69) is 26.2 Å². The summed E-state index contributed by atoms with van der Waals surface area (Å²) in [5, 5.41) is 3.92. The van der Waals surface area contributed by atoms with Gasteiger partial charge in [0.15, 0.2) is 0 Å². The van der Waals surface area contributed by atoms with Gasteiger partial charge < -0.3 is 5.32 Å². The number of pyridine rings is 1. The van der Waals surface area contributed by atoms with Crippen molar-refractivity contribution in [3.8, 4) is 0 Å². The average molecular weight is 341 g/mol. The molecule has 1 amide bonds. The minimum absolute atomic E-state index is 0.117. The maximum atomic E-state index is 12.3. The molecule has 0 fully saturated rings. The van der Waals surface area contributed by atoms with Crippen molar-refractivity contribution in [2.45, 2.75) is 6.92 Å². The van der Waals surface area contributed by atoms with E-state index in [9.17, 15) is 4.79 Å². The Labute approximate surface area is 131 Å². The Morgan fingerprint density at radius 3 is 2.81 bits per heavy atom. The number of nitrogens with zero attached hydrogens (tertiary/aromatic N) is 1. The SMILES string of the molecule is Cc1cc(C(=O)Nc2ccc3ncccc3c2)ccc1Br. The van der Waals surface area contributed by atoms with Gasteiger partial charge in [-0.3, -0.25) is 9.78 Å². The molecule has 0 unspecified atom stereocenters. The largest absolute Gasteiger partial charge is 0.322 e. The summed E-state index contributed by atoms with van der Waals surface area (Å²) in [4.78, 5) is 16.5. The first kappa shape index (κ1) is 13.8. The fourth-order valence-electron chi connectivity index (χ4n) is 2.14. The number of fused-ring (bicyclic) bond motifs is 1. The van der Waals surface area contributed by atoms with Crippen LogP contribution in [0.1, 0.15) is 15.9 Å². The van der Waals surface area contributed by atoms with Crippen LogP contribution in [0.3, 0.4) is 0 Å². The Morgan fingerprint density at radius 2 is 2.00 bits per heavy atom. The van der Waals surface area contributed by atoms with Gasteiger partial charge in [0.1, 0.15) is 0 Å². The number of aryl methyl sites for hydroxylation is 1. The molecule has 3 aromatic rings. The molecular formula is C17H13BrN2O. The molecule has 2 aromatic carbocycles. The van der Waals surface area contributed by atoms with Gasteiger partial charge in [0.05, 0.1) is 5.52 Å². The summed E-state index contributed by atoms with van der Waals surface area (Å²) in [6.07, 6.45) is 1.76. The lowest BCUT2D eigenvalue weighted by Crippen LogP contribution is -2.12. The fourth-order valence-corrected chi connectivity index (χ4v) is 2.39. The first-order valence-corrected chi connectivity index (χ1v) is 7.35. The van der Waals surface area contributed by atoms with Gasteiger partial charge in [0.2, 0.25) is 0 Å². The highest BCUT2D eigenvalue weighted by molar-refractivity contribution is 9.10. The lowest BCUT2D eigenvalue weighted by molar-refractivity contribution is 0.102. The molecule has 0 atom stereocenters. The monoisotopic (exact) mass is 340 g/mol. The third-order valence-corrected chi connectivity index (χ3v) is 4.17. The Morgan fingerprint density at radius 1 is 1.14 bits per heavy atom. The second-order valence-corrected chi connectivity index (χ2v) is 5.68. The number of amides is 1. The Kier molecular flexibility index (Phi) is 3.71. The molecular weight excluding hydrogens is 328 g/mol. The molecule has 1 heterocycles. The molecule has 0 saturated carbocycles. The van der Waals surface area contributed by atoms with E-state index in [-0.39, 0.29) is 5.91 Å². The summed E-state index contributed by atoms with van der Waals surface area (Å²) < 4.78 is 0.996. The van der Waals surface area contributed by atoms with Crippen molar-refractivity contribution in [1.82, 2.24) is 4.98 Å². The van der Waals surface area contributed by atoms with Gasteiger partial charge in [-0.2, -0.15) is 0 Å². The maximum Gasteiger partial charge on any atom is 0.255 e. The van der Waals surface area contributed by atoms with Crippen LogP contribution in [0.5, 0.6) is 0 Å². The number of hydrogen-bond acceptors (Lipinski definition) is 2. The Hall–Kier alpha value is -2.20. The molecule has 0 spiro atoms. The predicted molar refractivity (Wildman–Crippen MR) is 88.6 cm³/mol. The molecule has 0 saturated heterocycles. The lowest BCUT2D eigenvalue weighted by Gasteiger charge is -2.07. The smallest absolute Gasteiger partial charge is 0.255 e. The summed E-state index contributed by atoms with van der Waals surface area (Å²) >= 11 is 3.43. The van der Waals surface area contributed by atoms with Crippen molar-refractivity contribution in [3.05, 3.63) is 70.3 Å². The number of aromatic nitrogens is 1. The topological polar surface area (TPSA) is 42.0 Å². The van der Waals surface area contributed by atoms with Gasteiger partial charge in [-0.25, -0.2) is 0 Å². The molecule has 21 heavy (non-hydrogen) atoms. The van der Waals surface area contributed by atoms with Gasteiger partial charge in [-0.15, -0.1) is 0 Å². The van der Waals surface area contributed by atoms with Crippen molar-refractivity contribution in [1.29, 1.82) is 0 Å². The second-order valence-electron chi connectivity index (χ2n) is 4.83. The molecule has 0 aliphatic carbocycles.